The summed E-state index contributed by atoms with van der Waals surface area (Å²) in [5.41, 5.74) is 1.36. The van der Waals surface area contributed by atoms with Gasteiger partial charge in [-0.15, -0.1) is 0 Å². The number of alkyl carbamates (subject to hydrolysis) is 1. The Balaban J connectivity index is 1.89. The fourth-order valence-corrected chi connectivity index (χ4v) is 2.92. The van der Waals surface area contributed by atoms with E-state index in [1.54, 1.807) is 7.11 Å². The molecule has 0 bridgehead atoms. The molecule has 0 aliphatic carbocycles. The highest BCUT2D eigenvalue weighted by Gasteiger charge is 2.16. The van der Waals surface area contributed by atoms with Crippen LogP contribution in [0, 0.1) is 0 Å². The van der Waals surface area contributed by atoms with E-state index in [1.807, 2.05) is 51.1 Å². The van der Waals surface area contributed by atoms with Gasteiger partial charge < -0.3 is 14.8 Å². The molecule has 2 aromatic carbocycles. The summed E-state index contributed by atoms with van der Waals surface area (Å²) < 4.78 is 10.6. The topological polar surface area (TPSA) is 60.5 Å². The second-order valence-electron chi connectivity index (χ2n) is 7.17. The van der Waals surface area contributed by atoms with Gasteiger partial charge in [0.25, 0.3) is 0 Å². The van der Waals surface area contributed by atoms with Crippen molar-refractivity contribution in [2.45, 2.75) is 32.8 Å². The smallest absolute Gasteiger partial charge is 0.407 e. The van der Waals surface area contributed by atoms with Crippen LogP contribution in [-0.2, 0) is 11.2 Å². The number of hydrogen-bond donors (Lipinski definition) is 1. The minimum atomic E-state index is -0.509. The molecule has 3 aromatic rings. The summed E-state index contributed by atoms with van der Waals surface area (Å²) in [7, 11) is 1.65. The molecule has 0 spiro atoms. The molecule has 5 heteroatoms. The lowest BCUT2D eigenvalue weighted by Gasteiger charge is -2.19. The van der Waals surface area contributed by atoms with E-state index in [1.165, 1.54) is 0 Å². The molecule has 0 aliphatic heterocycles. The van der Waals surface area contributed by atoms with E-state index in [4.69, 9.17) is 14.5 Å². The third-order valence-electron chi connectivity index (χ3n) is 4.02. The molecule has 0 radical (unpaired) electrons. The molecule has 0 saturated carbocycles. The average Bonchev–Trinajstić information content (AvgIpc) is 2.59. The highest BCUT2D eigenvalue weighted by atomic mass is 16.6. The Morgan fingerprint density at radius 2 is 1.85 bits per heavy atom. The number of ether oxygens (including phenoxy) is 2. The van der Waals surface area contributed by atoms with Crippen LogP contribution in [-0.4, -0.2) is 30.3 Å². The first-order valence-corrected chi connectivity index (χ1v) is 8.69. The molecule has 0 aliphatic rings. The van der Waals surface area contributed by atoms with E-state index in [-0.39, 0.29) is 0 Å². The Morgan fingerprint density at radius 3 is 2.58 bits per heavy atom. The molecule has 0 atom stereocenters. The van der Waals surface area contributed by atoms with E-state index < -0.39 is 11.7 Å². The summed E-state index contributed by atoms with van der Waals surface area (Å²) in [6.45, 7) is 5.98. The quantitative estimate of drug-likeness (QED) is 0.704. The Labute approximate surface area is 153 Å². The van der Waals surface area contributed by atoms with Crippen LogP contribution >= 0.6 is 0 Å². The molecule has 1 amide bonds. The number of nitrogens with zero attached hydrogens (tertiary/aromatic N) is 1. The van der Waals surface area contributed by atoms with Gasteiger partial charge in [0, 0.05) is 23.7 Å². The van der Waals surface area contributed by atoms with Crippen LogP contribution in [0.5, 0.6) is 5.75 Å². The van der Waals surface area contributed by atoms with Crippen LogP contribution in [0.15, 0.2) is 42.5 Å². The number of amides is 1. The van der Waals surface area contributed by atoms with Gasteiger partial charge in [0.15, 0.2) is 0 Å². The lowest BCUT2D eigenvalue weighted by Crippen LogP contribution is -2.33. The Hall–Kier alpha value is -2.82. The second kappa shape index (κ2) is 7.20. The number of carbonyl (C=O) groups is 1. The number of rotatable bonds is 4. The molecule has 136 valence electrons. The third-order valence-corrected chi connectivity index (χ3v) is 4.02. The summed E-state index contributed by atoms with van der Waals surface area (Å²) in [4.78, 5) is 16.7. The fraction of sp³-hybridized carbons (Fsp3) is 0.333. The average molecular weight is 352 g/mol. The van der Waals surface area contributed by atoms with Crippen molar-refractivity contribution in [3.63, 3.8) is 0 Å². The summed E-state index contributed by atoms with van der Waals surface area (Å²) in [5, 5.41) is 6.07. The van der Waals surface area contributed by atoms with E-state index in [0.29, 0.717) is 13.0 Å². The van der Waals surface area contributed by atoms with Crippen LogP contribution in [0.1, 0.15) is 26.5 Å². The summed E-state index contributed by atoms with van der Waals surface area (Å²) in [5.74, 6) is 0.788. The van der Waals surface area contributed by atoms with Crippen LogP contribution in [0.4, 0.5) is 4.79 Å². The lowest BCUT2D eigenvalue weighted by molar-refractivity contribution is 0.0528. The van der Waals surface area contributed by atoms with Crippen molar-refractivity contribution in [1.29, 1.82) is 0 Å². The van der Waals surface area contributed by atoms with Gasteiger partial charge in [-0.1, -0.05) is 18.2 Å². The number of fused-ring (bicyclic) bond motifs is 3. The van der Waals surface area contributed by atoms with E-state index in [9.17, 15) is 4.79 Å². The van der Waals surface area contributed by atoms with Gasteiger partial charge in [-0.2, -0.15) is 0 Å². The molecule has 1 heterocycles. The van der Waals surface area contributed by atoms with Gasteiger partial charge in [0.1, 0.15) is 11.4 Å². The van der Waals surface area contributed by atoms with Crippen LogP contribution in [0.3, 0.4) is 0 Å². The SMILES string of the molecule is COc1ccc2c(c1)c(CCNC(=O)OC(C)(C)C)nc1ccccc12. The predicted octanol–water partition coefficient (Wildman–Crippen LogP) is 4.46. The zero-order chi connectivity index (χ0) is 18.7. The van der Waals surface area contributed by atoms with E-state index >= 15 is 0 Å². The molecule has 26 heavy (non-hydrogen) atoms. The van der Waals surface area contributed by atoms with Gasteiger partial charge in [-0.3, -0.25) is 4.98 Å². The number of pyridine rings is 1. The van der Waals surface area contributed by atoms with Crippen LogP contribution in [0.2, 0.25) is 0 Å². The largest absolute Gasteiger partial charge is 0.497 e. The zero-order valence-electron chi connectivity index (χ0n) is 15.6. The number of hydrogen-bond acceptors (Lipinski definition) is 4. The molecule has 0 saturated heterocycles. The summed E-state index contributed by atoms with van der Waals surface area (Å²) in [6, 6.07) is 14.1. The molecular weight excluding hydrogens is 328 g/mol. The number of carbonyl (C=O) groups excluding carboxylic acids is 1. The van der Waals surface area contributed by atoms with Crippen molar-refractivity contribution < 1.29 is 14.3 Å². The summed E-state index contributed by atoms with van der Waals surface area (Å²) >= 11 is 0. The summed E-state index contributed by atoms with van der Waals surface area (Å²) in [6.07, 6.45) is 0.188. The maximum atomic E-state index is 11.9. The van der Waals surface area contributed by atoms with Gasteiger partial charge in [0.05, 0.1) is 18.3 Å². The monoisotopic (exact) mass is 352 g/mol. The van der Waals surface area contributed by atoms with Crippen LogP contribution < -0.4 is 10.1 Å². The maximum Gasteiger partial charge on any atom is 0.407 e. The van der Waals surface area contributed by atoms with Gasteiger partial charge >= 0.3 is 6.09 Å². The van der Waals surface area contributed by atoms with Crippen molar-refractivity contribution in [3.8, 4) is 5.75 Å². The van der Waals surface area contributed by atoms with Crippen molar-refractivity contribution in [1.82, 2.24) is 10.3 Å². The van der Waals surface area contributed by atoms with Crippen molar-refractivity contribution >= 4 is 27.8 Å². The minimum Gasteiger partial charge on any atom is -0.497 e. The fourth-order valence-electron chi connectivity index (χ4n) is 2.92. The molecule has 1 N–H and O–H groups in total. The molecular formula is C21H24N2O3. The first kappa shape index (κ1) is 18.0. The van der Waals surface area contributed by atoms with Gasteiger partial charge in [-0.05, 0) is 50.4 Å². The normalized spacial score (nSPS) is 11.5. The van der Waals surface area contributed by atoms with E-state index in [2.05, 4.69) is 17.4 Å². The third kappa shape index (κ3) is 4.04. The second-order valence-corrected chi connectivity index (χ2v) is 7.17. The standard InChI is InChI=1S/C21H24N2O3/c1-21(2,3)26-20(24)22-12-11-19-17-13-14(25-4)9-10-15(17)16-7-5-6-8-18(16)23-19/h5-10,13H,11-12H2,1-4H3,(H,22,24). The Bertz CT molecular complexity index is 945. The van der Waals surface area contributed by atoms with Crippen molar-refractivity contribution in [2.75, 3.05) is 13.7 Å². The molecule has 0 unspecified atom stereocenters. The van der Waals surface area contributed by atoms with Gasteiger partial charge in [0.2, 0.25) is 0 Å². The zero-order valence-corrected chi connectivity index (χ0v) is 15.6. The first-order valence-electron chi connectivity index (χ1n) is 8.69. The lowest BCUT2D eigenvalue weighted by atomic mass is 10.0. The van der Waals surface area contributed by atoms with Crippen molar-refractivity contribution in [3.05, 3.63) is 48.2 Å². The first-order chi connectivity index (χ1) is 12.4. The van der Waals surface area contributed by atoms with Gasteiger partial charge in [-0.25, -0.2) is 4.79 Å². The number of aromatic nitrogens is 1. The van der Waals surface area contributed by atoms with E-state index in [0.717, 1.165) is 33.1 Å². The molecule has 3 rings (SSSR count). The molecule has 0 fully saturated rings. The molecule has 1 aromatic heterocycles. The highest BCUT2D eigenvalue weighted by Crippen LogP contribution is 2.29. The Morgan fingerprint density at radius 1 is 1.08 bits per heavy atom. The predicted molar refractivity (Wildman–Crippen MR) is 104 cm³/mol. The molecule has 5 nitrogen and oxygen atoms in total. The Kier molecular flexibility index (Phi) is 4.98. The van der Waals surface area contributed by atoms with Crippen molar-refractivity contribution in [2.24, 2.45) is 0 Å². The number of nitrogens with one attached hydrogen (secondary N) is 1. The number of methoxy groups -OCH3 is 1. The van der Waals surface area contributed by atoms with Crippen LogP contribution in [0.25, 0.3) is 21.7 Å². The highest BCUT2D eigenvalue weighted by molar-refractivity contribution is 6.07. The maximum absolute atomic E-state index is 11.9. The minimum absolute atomic E-state index is 0.417. The number of benzene rings is 2. The number of para-hydroxylation sites is 1.